The van der Waals surface area contributed by atoms with Gasteiger partial charge in [-0.3, -0.25) is 4.79 Å². The summed E-state index contributed by atoms with van der Waals surface area (Å²) in [6, 6.07) is -0.664. The van der Waals surface area contributed by atoms with Gasteiger partial charge in [0.2, 0.25) is 5.91 Å². The van der Waals surface area contributed by atoms with Crippen molar-refractivity contribution in [2.24, 2.45) is 0 Å². The van der Waals surface area contributed by atoms with Crippen molar-refractivity contribution in [1.29, 1.82) is 0 Å². The Bertz CT molecular complexity index is 391. The molecule has 0 spiro atoms. The zero-order valence-electron chi connectivity index (χ0n) is 14.8. The van der Waals surface area contributed by atoms with Crippen LogP contribution in [0.1, 0.15) is 65.2 Å². The normalized spacial score (nSPS) is 24.7. The number of carbonyl (C=O) groups excluding carboxylic acids is 1. The molecule has 0 aromatic heterocycles. The summed E-state index contributed by atoms with van der Waals surface area (Å²) in [6.45, 7) is 4.23. The van der Waals surface area contributed by atoms with E-state index >= 15 is 0 Å². The molecule has 0 radical (unpaired) electrons. The lowest BCUT2D eigenvalue weighted by atomic mass is 10.0. The van der Waals surface area contributed by atoms with Gasteiger partial charge in [0, 0.05) is 19.4 Å². The fraction of sp³-hybridized carbons (Fsp3) is 0.882. The fourth-order valence-electron chi connectivity index (χ4n) is 3.06. The van der Waals surface area contributed by atoms with E-state index in [2.05, 4.69) is 17.6 Å². The number of rotatable bonds is 12. The van der Waals surface area contributed by atoms with Gasteiger partial charge in [0.25, 0.3) is 0 Å². The Labute approximate surface area is 144 Å². The van der Waals surface area contributed by atoms with Crippen LogP contribution in [0.25, 0.3) is 0 Å². The Morgan fingerprint density at radius 2 is 2.00 bits per heavy atom. The average molecular weight is 344 g/mol. The maximum Gasteiger partial charge on any atom is 0.326 e. The molecule has 0 saturated carbocycles. The van der Waals surface area contributed by atoms with Crippen LogP contribution in [0, 0.1) is 0 Å². The van der Waals surface area contributed by atoms with Crippen molar-refractivity contribution in [1.82, 2.24) is 10.6 Å². The molecule has 1 aliphatic rings. The van der Waals surface area contributed by atoms with Gasteiger partial charge in [-0.2, -0.15) is 0 Å². The van der Waals surface area contributed by atoms with Crippen molar-refractivity contribution in [3.8, 4) is 0 Å². The first-order valence-corrected chi connectivity index (χ1v) is 9.00. The van der Waals surface area contributed by atoms with E-state index < -0.39 is 18.3 Å². The summed E-state index contributed by atoms with van der Waals surface area (Å²) in [5, 5.41) is 24.6. The zero-order chi connectivity index (χ0) is 17.9. The minimum atomic E-state index is -0.999. The topological polar surface area (TPSA) is 108 Å². The van der Waals surface area contributed by atoms with Crippen LogP contribution in [0.15, 0.2) is 0 Å². The van der Waals surface area contributed by atoms with Gasteiger partial charge in [-0.25, -0.2) is 4.79 Å². The van der Waals surface area contributed by atoms with Crippen molar-refractivity contribution in [3.05, 3.63) is 0 Å². The molecular formula is C17H32N2O5. The van der Waals surface area contributed by atoms with Gasteiger partial charge in [0.1, 0.15) is 6.04 Å². The number of ether oxygens (including phenoxy) is 1. The summed E-state index contributed by atoms with van der Waals surface area (Å²) in [5.74, 6) is -1.32. The highest BCUT2D eigenvalue weighted by Gasteiger charge is 2.33. The first kappa shape index (κ1) is 20.9. The summed E-state index contributed by atoms with van der Waals surface area (Å²) in [6.07, 6.45) is 6.28. The second kappa shape index (κ2) is 11.4. The quantitative estimate of drug-likeness (QED) is 0.399. The highest BCUT2D eigenvalue weighted by Crippen LogP contribution is 2.23. The second-order valence-corrected chi connectivity index (χ2v) is 6.51. The highest BCUT2D eigenvalue weighted by atomic mass is 16.6. The van der Waals surface area contributed by atoms with Crippen LogP contribution in [0.4, 0.5) is 0 Å². The van der Waals surface area contributed by atoms with Crippen molar-refractivity contribution in [2.75, 3.05) is 6.54 Å². The van der Waals surface area contributed by atoms with Crippen LogP contribution in [-0.4, -0.2) is 53.1 Å². The molecule has 1 amide bonds. The standard InChI is InChI=1S/C17H32N2O5/c1-3-4-5-9-15-14(11-16(21)24-15)18-10-7-6-8-13(17(22)23)19-12(2)20/h13-16,18,21H,3-11H2,1-2H3,(H,19,20)(H,22,23). The monoisotopic (exact) mass is 344 g/mol. The Morgan fingerprint density at radius 1 is 1.25 bits per heavy atom. The Kier molecular flexibility index (Phi) is 9.90. The molecule has 1 rings (SSSR count). The molecule has 7 heteroatoms. The molecule has 0 aromatic rings. The molecule has 24 heavy (non-hydrogen) atoms. The summed E-state index contributed by atoms with van der Waals surface area (Å²) < 4.78 is 5.56. The van der Waals surface area contributed by atoms with E-state index in [1.807, 2.05) is 0 Å². The van der Waals surface area contributed by atoms with Crippen LogP contribution in [0.5, 0.6) is 0 Å². The van der Waals surface area contributed by atoms with Gasteiger partial charge in [0.05, 0.1) is 6.10 Å². The van der Waals surface area contributed by atoms with Crippen molar-refractivity contribution < 1.29 is 24.5 Å². The molecule has 0 aliphatic carbocycles. The maximum absolute atomic E-state index is 11.0. The van der Waals surface area contributed by atoms with Gasteiger partial charge in [-0.15, -0.1) is 0 Å². The number of aliphatic hydroxyl groups excluding tert-OH is 1. The number of nitrogens with one attached hydrogen (secondary N) is 2. The molecule has 4 unspecified atom stereocenters. The number of hydrogen-bond acceptors (Lipinski definition) is 5. The van der Waals surface area contributed by atoms with E-state index in [0.29, 0.717) is 19.3 Å². The second-order valence-electron chi connectivity index (χ2n) is 6.51. The molecular weight excluding hydrogens is 312 g/mol. The lowest BCUT2D eigenvalue weighted by Crippen LogP contribution is -2.40. The number of carboxylic acid groups (broad SMARTS) is 1. The SMILES string of the molecule is CCCCCC1OC(O)CC1NCCCCC(NC(C)=O)C(=O)O. The van der Waals surface area contributed by atoms with Crippen LogP contribution in [0.3, 0.4) is 0 Å². The van der Waals surface area contributed by atoms with E-state index in [-0.39, 0.29) is 18.1 Å². The van der Waals surface area contributed by atoms with Gasteiger partial charge in [-0.05, 0) is 32.2 Å². The van der Waals surface area contributed by atoms with Crippen molar-refractivity contribution in [2.45, 2.75) is 89.7 Å². The summed E-state index contributed by atoms with van der Waals surface area (Å²) in [5.41, 5.74) is 0. The van der Waals surface area contributed by atoms with Crippen LogP contribution < -0.4 is 10.6 Å². The molecule has 4 N–H and O–H groups in total. The molecule has 140 valence electrons. The number of hydrogen-bond donors (Lipinski definition) is 4. The third-order valence-corrected chi connectivity index (χ3v) is 4.33. The number of carboxylic acids is 1. The Balaban J connectivity index is 2.22. The van der Waals surface area contributed by atoms with Crippen LogP contribution in [0.2, 0.25) is 0 Å². The lowest BCUT2D eigenvalue weighted by molar-refractivity contribution is -0.141. The smallest absolute Gasteiger partial charge is 0.326 e. The molecule has 0 bridgehead atoms. The predicted octanol–water partition coefficient (Wildman–Crippen LogP) is 1.39. The van der Waals surface area contributed by atoms with E-state index in [1.54, 1.807) is 0 Å². The van der Waals surface area contributed by atoms with Crippen molar-refractivity contribution >= 4 is 11.9 Å². The number of unbranched alkanes of at least 4 members (excludes halogenated alkanes) is 3. The first-order chi connectivity index (χ1) is 11.4. The fourth-order valence-corrected chi connectivity index (χ4v) is 3.06. The van der Waals surface area contributed by atoms with Gasteiger partial charge >= 0.3 is 5.97 Å². The lowest BCUT2D eigenvalue weighted by Gasteiger charge is -2.19. The summed E-state index contributed by atoms with van der Waals surface area (Å²) >= 11 is 0. The third-order valence-electron chi connectivity index (χ3n) is 4.33. The molecule has 4 atom stereocenters. The first-order valence-electron chi connectivity index (χ1n) is 9.00. The zero-order valence-corrected chi connectivity index (χ0v) is 14.8. The molecule has 1 saturated heterocycles. The number of amides is 1. The minimum absolute atomic E-state index is 0.0534. The number of carbonyl (C=O) groups is 2. The Morgan fingerprint density at radius 3 is 2.62 bits per heavy atom. The largest absolute Gasteiger partial charge is 0.480 e. The van der Waals surface area contributed by atoms with Gasteiger partial charge in [0.15, 0.2) is 6.29 Å². The minimum Gasteiger partial charge on any atom is -0.480 e. The molecule has 1 fully saturated rings. The highest BCUT2D eigenvalue weighted by molar-refractivity contribution is 5.81. The predicted molar refractivity (Wildman–Crippen MR) is 90.5 cm³/mol. The maximum atomic E-state index is 11.0. The average Bonchev–Trinajstić information content (AvgIpc) is 2.85. The van der Waals surface area contributed by atoms with Crippen LogP contribution in [-0.2, 0) is 14.3 Å². The van der Waals surface area contributed by atoms with Gasteiger partial charge < -0.3 is 25.6 Å². The van der Waals surface area contributed by atoms with Crippen molar-refractivity contribution in [3.63, 3.8) is 0 Å². The van der Waals surface area contributed by atoms with Crippen LogP contribution >= 0.6 is 0 Å². The molecule has 1 heterocycles. The molecule has 1 aliphatic heterocycles. The Hall–Kier alpha value is -1.18. The number of aliphatic hydroxyl groups is 1. The van der Waals surface area contributed by atoms with E-state index in [1.165, 1.54) is 13.3 Å². The molecule has 0 aromatic carbocycles. The van der Waals surface area contributed by atoms with E-state index in [9.17, 15) is 14.7 Å². The van der Waals surface area contributed by atoms with Gasteiger partial charge in [-0.1, -0.05) is 26.2 Å². The third kappa shape index (κ3) is 8.08. The van der Waals surface area contributed by atoms with E-state index in [4.69, 9.17) is 9.84 Å². The number of aliphatic carboxylic acids is 1. The summed E-state index contributed by atoms with van der Waals surface area (Å²) in [7, 11) is 0. The summed E-state index contributed by atoms with van der Waals surface area (Å²) in [4.78, 5) is 22.0. The molecule has 7 nitrogen and oxygen atoms in total. The van der Waals surface area contributed by atoms with E-state index in [0.717, 1.165) is 32.2 Å².